The van der Waals surface area contributed by atoms with Crippen LogP contribution in [-0.4, -0.2) is 22.9 Å². The average molecular weight is 236 g/mol. The Labute approximate surface area is 96.9 Å². The molecule has 1 saturated carbocycles. The van der Waals surface area contributed by atoms with Crippen molar-refractivity contribution in [3.8, 4) is 0 Å². The van der Waals surface area contributed by atoms with Crippen LogP contribution >= 0.6 is 0 Å². The Hall–Kier alpha value is -2.15. The molecule has 2 rings (SSSR count). The van der Waals surface area contributed by atoms with E-state index in [9.17, 15) is 14.9 Å². The van der Waals surface area contributed by atoms with Gasteiger partial charge in [-0.1, -0.05) is 0 Å². The summed E-state index contributed by atoms with van der Waals surface area (Å²) in [6, 6.07) is 4.00. The number of anilines is 1. The maximum atomic E-state index is 11.0. The van der Waals surface area contributed by atoms with E-state index in [1.165, 1.54) is 18.2 Å². The molecule has 0 saturated heterocycles. The topological polar surface area (TPSA) is 124 Å². The first-order valence-electron chi connectivity index (χ1n) is 5.09. The first-order chi connectivity index (χ1) is 7.99. The molecule has 1 aromatic carbocycles. The highest BCUT2D eigenvalue weighted by atomic mass is 16.6. The van der Waals surface area contributed by atoms with Crippen LogP contribution in [-0.2, 0) is 0 Å². The van der Waals surface area contributed by atoms with Gasteiger partial charge in [-0.3, -0.25) is 14.9 Å². The van der Waals surface area contributed by atoms with Gasteiger partial charge in [-0.15, -0.1) is 0 Å². The van der Waals surface area contributed by atoms with Crippen molar-refractivity contribution in [2.24, 2.45) is 11.5 Å². The summed E-state index contributed by atoms with van der Waals surface area (Å²) < 4.78 is 0. The number of nitro groups is 1. The largest absolute Gasteiger partial charge is 0.375 e. The van der Waals surface area contributed by atoms with Gasteiger partial charge in [0.05, 0.1) is 4.92 Å². The molecule has 0 aliphatic heterocycles. The molecule has 1 amide bonds. The normalized spacial score (nSPS) is 21.9. The lowest BCUT2D eigenvalue weighted by Gasteiger charge is -2.07. The third-order valence-corrected chi connectivity index (χ3v) is 2.66. The fraction of sp³-hybridized carbons (Fsp3) is 0.300. The van der Waals surface area contributed by atoms with Crippen LogP contribution in [0.25, 0.3) is 0 Å². The zero-order chi connectivity index (χ0) is 12.6. The van der Waals surface area contributed by atoms with Crippen LogP contribution in [0.15, 0.2) is 18.2 Å². The quantitative estimate of drug-likeness (QED) is 0.509. The van der Waals surface area contributed by atoms with Gasteiger partial charge in [-0.05, 0) is 18.6 Å². The van der Waals surface area contributed by atoms with Gasteiger partial charge in [0.2, 0.25) is 5.91 Å². The molecule has 90 valence electrons. The van der Waals surface area contributed by atoms with Crippen molar-refractivity contribution in [3.05, 3.63) is 33.9 Å². The summed E-state index contributed by atoms with van der Waals surface area (Å²) in [7, 11) is 0. The van der Waals surface area contributed by atoms with E-state index in [1.54, 1.807) is 0 Å². The lowest BCUT2D eigenvalue weighted by molar-refractivity contribution is -0.384. The van der Waals surface area contributed by atoms with Crippen LogP contribution in [0, 0.1) is 10.1 Å². The fourth-order valence-electron chi connectivity index (χ4n) is 1.54. The number of rotatable bonds is 4. The van der Waals surface area contributed by atoms with E-state index < -0.39 is 10.8 Å². The summed E-state index contributed by atoms with van der Waals surface area (Å²) in [5.74, 6) is -0.622. The highest BCUT2D eigenvalue weighted by Gasteiger charge is 2.34. The Morgan fingerprint density at radius 3 is 2.65 bits per heavy atom. The van der Waals surface area contributed by atoms with Crippen molar-refractivity contribution < 1.29 is 9.72 Å². The van der Waals surface area contributed by atoms with E-state index in [1.807, 2.05) is 0 Å². The maximum absolute atomic E-state index is 11.0. The summed E-state index contributed by atoms with van der Waals surface area (Å²) in [6.07, 6.45) is 0.762. The molecule has 0 spiro atoms. The second-order valence-corrected chi connectivity index (χ2v) is 4.00. The molecule has 1 aromatic rings. The zero-order valence-corrected chi connectivity index (χ0v) is 8.92. The molecule has 0 aromatic heterocycles. The summed E-state index contributed by atoms with van der Waals surface area (Å²) in [5.41, 5.74) is 11.2. The number of hydrogen-bond acceptors (Lipinski definition) is 5. The molecule has 0 radical (unpaired) electrons. The zero-order valence-electron chi connectivity index (χ0n) is 8.92. The second kappa shape index (κ2) is 4.02. The molecule has 0 heterocycles. The van der Waals surface area contributed by atoms with Crippen LogP contribution in [0.5, 0.6) is 0 Å². The summed E-state index contributed by atoms with van der Waals surface area (Å²) in [5, 5.41) is 13.7. The number of carbonyl (C=O) groups excluding carboxylic acids is 1. The molecular weight excluding hydrogens is 224 g/mol. The molecule has 7 nitrogen and oxygen atoms in total. The lowest BCUT2D eigenvalue weighted by Crippen LogP contribution is -2.16. The molecular formula is C10H12N4O3. The Balaban J connectivity index is 2.33. The number of amides is 1. The van der Waals surface area contributed by atoms with Crippen molar-refractivity contribution in [1.82, 2.24) is 0 Å². The highest BCUT2D eigenvalue weighted by molar-refractivity contribution is 5.94. The molecule has 1 aliphatic rings. The van der Waals surface area contributed by atoms with Crippen molar-refractivity contribution in [2.45, 2.75) is 18.5 Å². The summed E-state index contributed by atoms with van der Waals surface area (Å²) >= 11 is 0. The van der Waals surface area contributed by atoms with E-state index in [0.29, 0.717) is 0 Å². The monoisotopic (exact) mass is 236 g/mol. The predicted molar refractivity (Wildman–Crippen MR) is 61.6 cm³/mol. The predicted octanol–water partition coefficient (Wildman–Crippen LogP) is 0.205. The molecule has 2 unspecified atom stereocenters. The number of nitro benzene ring substituents is 1. The smallest absolute Gasteiger partial charge is 0.292 e. The lowest BCUT2D eigenvalue weighted by atomic mass is 10.1. The Bertz CT molecular complexity index is 488. The van der Waals surface area contributed by atoms with Crippen molar-refractivity contribution in [2.75, 3.05) is 5.32 Å². The van der Waals surface area contributed by atoms with Gasteiger partial charge in [0, 0.05) is 23.7 Å². The third kappa shape index (κ3) is 2.34. The molecule has 7 heteroatoms. The highest BCUT2D eigenvalue weighted by Crippen LogP contribution is 2.31. The first kappa shape index (κ1) is 11.3. The summed E-state index contributed by atoms with van der Waals surface area (Å²) in [4.78, 5) is 21.3. The molecule has 1 fully saturated rings. The van der Waals surface area contributed by atoms with Crippen molar-refractivity contribution in [1.29, 1.82) is 0 Å². The van der Waals surface area contributed by atoms with Gasteiger partial charge >= 0.3 is 0 Å². The SMILES string of the molecule is NC(=O)c1ccc([N+](=O)[O-])c(NC2CC2N)c1. The Morgan fingerprint density at radius 1 is 1.53 bits per heavy atom. The fourth-order valence-corrected chi connectivity index (χ4v) is 1.54. The van der Waals surface area contributed by atoms with Gasteiger partial charge in [-0.2, -0.15) is 0 Å². The number of nitrogens with one attached hydrogen (secondary N) is 1. The standard InChI is InChI=1S/C10H12N4O3/c11-6-4-7(6)13-8-3-5(10(12)15)1-2-9(8)14(16)17/h1-3,6-7,13H,4,11H2,(H2,12,15). The number of hydrogen-bond donors (Lipinski definition) is 3. The minimum atomic E-state index is -0.622. The van der Waals surface area contributed by atoms with Crippen molar-refractivity contribution in [3.63, 3.8) is 0 Å². The number of nitrogens with zero attached hydrogens (tertiary/aromatic N) is 1. The van der Waals surface area contributed by atoms with Gasteiger partial charge in [0.15, 0.2) is 0 Å². The molecule has 1 aliphatic carbocycles. The van der Waals surface area contributed by atoms with Gasteiger partial charge in [-0.25, -0.2) is 0 Å². The van der Waals surface area contributed by atoms with Crippen LogP contribution in [0.2, 0.25) is 0 Å². The van der Waals surface area contributed by atoms with Crippen molar-refractivity contribution >= 4 is 17.3 Å². The van der Waals surface area contributed by atoms with E-state index in [4.69, 9.17) is 11.5 Å². The van der Waals surface area contributed by atoms with Gasteiger partial charge in [0.1, 0.15) is 5.69 Å². The number of nitrogens with two attached hydrogens (primary N) is 2. The van der Waals surface area contributed by atoms with Crippen LogP contribution in [0.4, 0.5) is 11.4 Å². The van der Waals surface area contributed by atoms with Gasteiger partial charge < -0.3 is 16.8 Å². The van der Waals surface area contributed by atoms with E-state index in [0.717, 1.165) is 6.42 Å². The Kier molecular flexibility index (Phi) is 2.68. The minimum Gasteiger partial charge on any atom is -0.375 e. The number of carbonyl (C=O) groups is 1. The van der Waals surface area contributed by atoms with Gasteiger partial charge in [0.25, 0.3) is 5.69 Å². The number of benzene rings is 1. The van der Waals surface area contributed by atoms with E-state index in [-0.39, 0.29) is 29.0 Å². The molecule has 17 heavy (non-hydrogen) atoms. The number of primary amides is 1. The average Bonchev–Trinajstić information content (AvgIpc) is 2.93. The van der Waals surface area contributed by atoms with Crippen LogP contribution in [0.3, 0.4) is 0 Å². The third-order valence-electron chi connectivity index (χ3n) is 2.66. The second-order valence-electron chi connectivity index (χ2n) is 4.00. The van der Waals surface area contributed by atoms with E-state index >= 15 is 0 Å². The first-order valence-corrected chi connectivity index (χ1v) is 5.09. The molecule has 5 N–H and O–H groups in total. The van der Waals surface area contributed by atoms with Crippen LogP contribution < -0.4 is 16.8 Å². The molecule has 0 bridgehead atoms. The molecule has 2 atom stereocenters. The maximum Gasteiger partial charge on any atom is 0.292 e. The van der Waals surface area contributed by atoms with Crippen LogP contribution in [0.1, 0.15) is 16.8 Å². The van der Waals surface area contributed by atoms with E-state index in [2.05, 4.69) is 5.32 Å². The summed E-state index contributed by atoms with van der Waals surface area (Å²) in [6.45, 7) is 0. The Morgan fingerprint density at radius 2 is 2.18 bits per heavy atom. The minimum absolute atomic E-state index is 0.00633.